The number of nitrogens with one attached hydrogen (secondary N) is 1. The summed E-state index contributed by atoms with van der Waals surface area (Å²) < 4.78 is 0. The van der Waals surface area contributed by atoms with Crippen LogP contribution >= 0.6 is 11.6 Å². The van der Waals surface area contributed by atoms with Crippen LogP contribution in [-0.2, 0) is 9.59 Å². The number of anilines is 1. The Balaban J connectivity index is 0.000000327. The molecule has 1 N–H and O–H groups in total. The van der Waals surface area contributed by atoms with Gasteiger partial charge in [-0.1, -0.05) is 31.4 Å². The van der Waals surface area contributed by atoms with Crippen LogP contribution in [0.25, 0.3) is 0 Å². The summed E-state index contributed by atoms with van der Waals surface area (Å²) in [5.41, 5.74) is 3.38. The van der Waals surface area contributed by atoms with E-state index in [2.05, 4.69) is 18.7 Å². The van der Waals surface area contributed by atoms with Gasteiger partial charge in [0, 0.05) is 11.6 Å². The van der Waals surface area contributed by atoms with Gasteiger partial charge in [0.15, 0.2) is 0 Å². The van der Waals surface area contributed by atoms with Crippen molar-refractivity contribution in [2.45, 2.75) is 32.6 Å². The van der Waals surface area contributed by atoms with E-state index in [0.717, 1.165) is 36.8 Å². The number of rotatable bonds is 3. The van der Waals surface area contributed by atoms with Crippen LogP contribution in [-0.4, -0.2) is 12.2 Å². The molecule has 1 fully saturated rings. The third-order valence-corrected chi connectivity index (χ3v) is 5.01. The van der Waals surface area contributed by atoms with E-state index in [1.807, 2.05) is 31.4 Å². The molecule has 2 aromatic carbocycles. The maximum absolute atomic E-state index is 12.0. The third-order valence-electron chi connectivity index (χ3n) is 4.68. The topological polar surface area (TPSA) is 70.0 Å². The molecule has 0 spiro atoms. The van der Waals surface area contributed by atoms with Gasteiger partial charge in [-0.25, -0.2) is 11.6 Å². The fourth-order valence-electron chi connectivity index (χ4n) is 2.92. The van der Waals surface area contributed by atoms with E-state index in [-0.39, 0.29) is 63.2 Å². The summed E-state index contributed by atoms with van der Waals surface area (Å²) in [7, 11) is 0. The zero-order chi connectivity index (χ0) is 20.5. The third kappa shape index (κ3) is 7.90. The number of aryl methyl sites for hydroxylation is 1. The van der Waals surface area contributed by atoms with Crippen molar-refractivity contribution in [3.05, 3.63) is 77.0 Å². The number of nitrogens with zero attached hydrogens (tertiary/aromatic N) is 1. The van der Waals surface area contributed by atoms with Crippen molar-refractivity contribution in [2.24, 2.45) is 5.92 Å². The predicted molar refractivity (Wildman–Crippen MR) is 111 cm³/mol. The first-order valence-electron chi connectivity index (χ1n) is 9.08. The standard InChI is InChI=1S/C14H14ClN2O.C9H8O.K/c15-13-7-6-12(8-11(13)9-16)17-14(18)10-4-2-1-3-5-10;1-7-4-3-5-9(6-10)8(7)2;/h1,6-8,10H,2-5H2,(H,17,18);3-5H,2H2,1H3;/q-1;-2;+1. The first-order valence-corrected chi connectivity index (χ1v) is 9.46. The van der Waals surface area contributed by atoms with Gasteiger partial charge in [0.25, 0.3) is 0 Å². The van der Waals surface area contributed by atoms with Gasteiger partial charge in [-0.2, -0.15) is 18.1 Å². The normalized spacial score (nSPS) is 13.1. The first kappa shape index (κ1) is 25.9. The summed E-state index contributed by atoms with van der Waals surface area (Å²) in [5, 5.41) is 12.1. The minimum absolute atomic E-state index is 0. The molecule has 0 bridgehead atoms. The molecule has 0 unspecified atom stereocenters. The number of nitriles is 1. The number of halogens is 1. The molecule has 3 rings (SSSR count). The summed E-state index contributed by atoms with van der Waals surface area (Å²) in [5.74, 6) is 0.116. The van der Waals surface area contributed by atoms with Gasteiger partial charge in [0.2, 0.25) is 5.91 Å². The van der Waals surface area contributed by atoms with Crippen LogP contribution in [0, 0.1) is 37.5 Å². The van der Waals surface area contributed by atoms with E-state index < -0.39 is 0 Å². The molecule has 0 saturated heterocycles. The van der Waals surface area contributed by atoms with Crippen molar-refractivity contribution < 1.29 is 61.0 Å². The smallest absolute Gasteiger partial charge is 0.391 e. The molecular weight excluding hydrogens is 411 g/mol. The van der Waals surface area contributed by atoms with E-state index in [4.69, 9.17) is 16.9 Å². The second-order valence-corrected chi connectivity index (χ2v) is 7.05. The predicted octanol–water partition coefficient (Wildman–Crippen LogP) is 2.18. The maximum atomic E-state index is 12.0. The van der Waals surface area contributed by atoms with Crippen molar-refractivity contribution >= 4 is 29.5 Å². The van der Waals surface area contributed by atoms with E-state index in [1.165, 1.54) is 0 Å². The van der Waals surface area contributed by atoms with Crippen LogP contribution in [0.3, 0.4) is 0 Å². The van der Waals surface area contributed by atoms with Crippen molar-refractivity contribution in [2.75, 3.05) is 5.32 Å². The molecule has 146 valence electrons. The van der Waals surface area contributed by atoms with Crippen molar-refractivity contribution in [1.82, 2.24) is 0 Å². The van der Waals surface area contributed by atoms with Crippen LogP contribution in [0.2, 0.25) is 5.02 Å². The zero-order valence-electron chi connectivity index (χ0n) is 16.8. The van der Waals surface area contributed by atoms with Crippen LogP contribution in [0.4, 0.5) is 5.69 Å². The Morgan fingerprint density at radius 2 is 2.00 bits per heavy atom. The summed E-state index contributed by atoms with van der Waals surface area (Å²) in [6.45, 7) is 5.65. The van der Waals surface area contributed by atoms with E-state index in [1.54, 1.807) is 24.3 Å². The minimum Gasteiger partial charge on any atom is -0.391 e. The molecule has 0 radical (unpaired) electrons. The van der Waals surface area contributed by atoms with Gasteiger partial charge in [-0.15, -0.1) is 12.1 Å². The van der Waals surface area contributed by atoms with Gasteiger partial charge in [0.05, 0.1) is 10.6 Å². The number of hydrogen-bond acceptors (Lipinski definition) is 3. The Bertz CT molecular complexity index is 887. The molecular formula is C23H22ClKN2O2-2. The number of amides is 1. The molecule has 4 nitrogen and oxygen atoms in total. The molecule has 0 aliphatic heterocycles. The van der Waals surface area contributed by atoms with Gasteiger partial charge in [-0.3, -0.25) is 22.8 Å². The van der Waals surface area contributed by atoms with Crippen molar-refractivity contribution in [3.63, 3.8) is 0 Å². The second kappa shape index (κ2) is 13.2. The Hall–Kier alpha value is -1.13. The number of hydrogen-bond donors (Lipinski definition) is 1. The van der Waals surface area contributed by atoms with Crippen molar-refractivity contribution in [1.29, 1.82) is 5.26 Å². The number of benzene rings is 2. The fourth-order valence-corrected chi connectivity index (χ4v) is 3.08. The first-order chi connectivity index (χ1) is 13.5. The molecule has 1 amide bonds. The average molecular weight is 433 g/mol. The summed E-state index contributed by atoms with van der Waals surface area (Å²) in [4.78, 5) is 22.2. The molecule has 2 aromatic rings. The molecule has 29 heavy (non-hydrogen) atoms. The Labute approximate surface area is 220 Å². The number of carbonyl (C=O) groups excluding carboxylic acids is 2. The largest absolute Gasteiger partial charge is 1.00 e. The molecule has 1 saturated carbocycles. The molecule has 1 aliphatic rings. The van der Waals surface area contributed by atoms with Crippen LogP contribution in [0.5, 0.6) is 0 Å². The van der Waals surface area contributed by atoms with Gasteiger partial charge in [-0.05, 0) is 24.5 Å². The van der Waals surface area contributed by atoms with Gasteiger partial charge >= 0.3 is 51.4 Å². The molecule has 1 aliphatic carbocycles. The van der Waals surface area contributed by atoms with Gasteiger partial charge in [0.1, 0.15) is 6.07 Å². The van der Waals surface area contributed by atoms with E-state index in [9.17, 15) is 9.59 Å². The Kier molecular flexibility index (Phi) is 11.8. The van der Waals surface area contributed by atoms with Crippen molar-refractivity contribution in [3.8, 4) is 6.07 Å². The van der Waals surface area contributed by atoms with Crippen LogP contribution < -0.4 is 56.7 Å². The zero-order valence-corrected chi connectivity index (χ0v) is 20.7. The van der Waals surface area contributed by atoms with E-state index >= 15 is 0 Å². The molecule has 0 atom stereocenters. The minimum atomic E-state index is 0. The Morgan fingerprint density at radius 3 is 2.59 bits per heavy atom. The van der Waals surface area contributed by atoms with Gasteiger partial charge < -0.3 is 16.5 Å². The summed E-state index contributed by atoms with van der Waals surface area (Å²) in [6.07, 6.45) is 7.86. The number of carbonyl (C=O) groups is 1. The fraction of sp³-hybridized carbons (Fsp3) is 0.261. The Morgan fingerprint density at radius 1 is 1.31 bits per heavy atom. The van der Waals surface area contributed by atoms with Crippen LogP contribution in [0.15, 0.2) is 36.4 Å². The summed E-state index contributed by atoms with van der Waals surface area (Å²) >= 11 is 5.84. The summed E-state index contributed by atoms with van der Waals surface area (Å²) in [6, 6.07) is 12.4. The maximum Gasteiger partial charge on any atom is 1.00 e. The SMILES string of the molecule is N#Cc1cc(NC(=O)C2CC[CH-]CC2)ccc1Cl.[CH2-]c1c(C)cccc1[C-]=O.[K+]. The second-order valence-electron chi connectivity index (χ2n) is 6.64. The monoisotopic (exact) mass is 432 g/mol. The molecule has 0 heterocycles. The average Bonchev–Trinajstić information content (AvgIpc) is 2.72. The molecule has 6 heteroatoms. The quantitative estimate of drug-likeness (QED) is 0.597. The van der Waals surface area contributed by atoms with Crippen LogP contribution in [0.1, 0.15) is 47.9 Å². The van der Waals surface area contributed by atoms with E-state index in [0.29, 0.717) is 21.8 Å². The molecule has 0 aromatic heterocycles.